The zero-order valence-corrected chi connectivity index (χ0v) is 14.3. The number of ether oxygens (including phenoxy) is 1. The van der Waals surface area contributed by atoms with Crippen molar-refractivity contribution < 1.29 is 9.53 Å². The second-order valence-electron chi connectivity index (χ2n) is 4.96. The molecule has 0 unspecified atom stereocenters. The molecule has 1 heterocycles. The van der Waals surface area contributed by atoms with E-state index < -0.39 is 8.07 Å². The number of aldehydes is 1. The minimum atomic E-state index is -1.05. The third kappa shape index (κ3) is 4.65. The lowest BCUT2D eigenvalue weighted by Gasteiger charge is -2.15. The number of hydrogen-bond acceptors (Lipinski definition) is 3. The van der Waals surface area contributed by atoms with Crippen LogP contribution in [0.1, 0.15) is 10.4 Å². The summed E-state index contributed by atoms with van der Waals surface area (Å²) in [6, 6.07) is 1.12. The number of carbonyl (C=O) groups is 1. The monoisotopic (exact) mass is 382 g/mol. The van der Waals surface area contributed by atoms with Gasteiger partial charge in [0, 0.05) is 14.7 Å². The molecule has 0 aliphatic carbocycles. The van der Waals surface area contributed by atoms with Gasteiger partial charge in [0.1, 0.15) is 15.9 Å². The van der Waals surface area contributed by atoms with E-state index in [0.29, 0.717) is 21.5 Å². The number of rotatable bonds is 6. The van der Waals surface area contributed by atoms with Gasteiger partial charge < -0.3 is 4.74 Å². The molecule has 0 aliphatic heterocycles. The van der Waals surface area contributed by atoms with Crippen molar-refractivity contribution in [3.8, 4) is 0 Å². The second kappa shape index (κ2) is 6.26. The van der Waals surface area contributed by atoms with Gasteiger partial charge in [0.15, 0.2) is 6.29 Å². The Morgan fingerprint density at radius 2 is 2.06 bits per heavy atom. The molecule has 96 valence electrons. The van der Waals surface area contributed by atoms with Gasteiger partial charge in [0.25, 0.3) is 0 Å². The summed E-state index contributed by atoms with van der Waals surface area (Å²) in [5.41, 5.74) is 0.513. The van der Waals surface area contributed by atoms with E-state index in [1.807, 2.05) is 0 Å². The molecule has 7 heteroatoms. The maximum Gasteiger partial charge on any atom is 0.155 e. The Kier molecular flexibility index (Phi) is 5.55. The molecule has 17 heavy (non-hydrogen) atoms. The first kappa shape index (κ1) is 15.1. The van der Waals surface area contributed by atoms with Crippen LogP contribution in [-0.4, -0.2) is 30.7 Å². The Labute approximate surface area is 119 Å². The van der Waals surface area contributed by atoms with E-state index >= 15 is 0 Å². The van der Waals surface area contributed by atoms with E-state index in [1.54, 1.807) is 4.68 Å². The lowest BCUT2D eigenvalue weighted by atomic mass is 10.4. The molecule has 0 fully saturated rings. The number of carbonyl (C=O) groups excluding carboxylic acids is 1. The summed E-state index contributed by atoms with van der Waals surface area (Å²) < 4.78 is 8.36. The minimum absolute atomic E-state index is 0.359. The maximum absolute atomic E-state index is 10.8. The van der Waals surface area contributed by atoms with Crippen molar-refractivity contribution in [1.29, 1.82) is 0 Å². The van der Waals surface area contributed by atoms with Crippen LogP contribution in [0.3, 0.4) is 0 Å². The van der Waals surface area contributed by atoms with Crippen LogP contribution in [-0.2, 0) is 11.5 Å². The third-order valence-corrected chi connectivity index (χ3v) is 5.33. The summed E-state index contributed by atoms with van der Waals surface area (Å²) in [5, 5.41) is 4.16. The van der Waals surface area contributed by atoms with Gasteiger partial charge in [-0.15, -0.1) is 0 Å². The van der Waals surface area contributed by atoms with Crippen LogP contribution in [0.15, 0.2) is 9.21 Å². The normalized spacial score (nSPS) is 11.8. The van der Waals surface area contributed by atoms with Gasteiger partial charge in [-0.2, -0.15) is 5.10 Å². The lowest BCUT2D eigenvalue weighted by molar-refractivity contribution is 0.0767. The highest BCUT2D eigenvalue weighted by Gasteiger charge is 2.14. The summed E-state index contributed by atoms with van der Waals surface area (Å²) in [5.74, 6) is 0. The van der Waals surface area contributed by atoms with Crippen LogP contribution in [0.4, 0.5) is 0 Å². The summed E-state index contributed by atoms with van der Waals surface area (Å²) in [7, 11) is -1.05. The molecule has 0 aliphatic rings. The zero-order valence-electron chi connectivity index (χ0n) is 10.2. The molecular formula is C10H16Br2N2O2Si. The summed E-state index contributed by atoms with van der Waals surface area (Å²) in [6.07, 6.45) is 0.764. The van der Waals surface area contributed by atoms with Crippen molar-refractivity contribution >= 4 is 46.2 Å². The molecular weight excluding hydrogens is 368 g/mol. The Morgan fingerprint density at radius 1 is 1.41 bits per heavy atom. The average molecular weight is 384 g/mol. The van der Waals surface area contributed by atoms with Crippen LogP contribution in [0, 0.1) is 0 Å². The number of aromatic nitrogens is 2. The standard InChI is InChI=1S/C10H16Br2N2O2Si/c1-17(2,3)5-4-16-7-14-10(12)8(6-15)9(11)13-14/h6H,4-5,7H2,1-3H3. The molecule has 4 nitrogen and oxygen atoms in total. The van der Waals surface area contributed by atoms with Gasteiger partial charge >= 0.3 is 0 Å². The molecule has 0 saturated carbocycles. The van der Waals surface area contributed by atoms with Crippen molar-refractivity contribution in [2.45, 2.75) is 32.4 Å². The first-order valence-electron chi connectivity index (χ1n) is 5.30. The molecule has 0 atom stereocenters. The van der Waals surface area contributed by atoms with E-state index in [2.05, 4.69) is 56.6 Å². The molecule has 0 spiro atoms. The van der Waals surface area contributed by atoms with Crippen molar-refractivity contribution in [2.75, 3.05) is 6.61 Å². The summed E-state index contributed by atoms with van der Waals surface area (Å²) in [6.45, 7) is 8.01. The average Bonchev–Trinajstić information content (AvgIpc) is 2.47. The highest BCUT2D eigenvalue weighted by molar-refractivity contribution is 9.11. The van der Waals surface area contributed by atoms with Crippen LogP contribution >= 0.6 is 31.9 Å². The number of hydrogen-bond donors (Lipinski definition) is 0. The summed E-state index contributed by atoms with van der Waals surface area (Å²) >= 11 is 6.55. The second-order valence-corrected chi connectivity index (χ2v) is 12.1. The van der Waals surface area contributed by atoms with Crippen molar-refractivity contribution in [1.82, 2.24) is 9.78 Å². The van der Waals surface area contributed by atoms with E-state index in [4.69, 9.17) is 4.74 Å². The Morgan fingerprint density at radius 3 is 2.53 bits per heavy atom. The predicted octanol–water partition coefficient (Wildman–Crippen LogP) is 3.53. The van der Waals surface area contributed by atoms with Crippen molar-refractivity contribution in [3.05, 3.63) is 14.8 Å². The predicted molar refractivity (Wildman–Crippen MR) is 77.1 cm³/mol. The fourth-order valence-electron chi connectivity index (χ4n) is 1.14. The largest absolute Gasteiger partial charge is 0.359 e. The topological polar surface area (TPSA) is 44.1 Å². The van der Waals surface area contributed by atoms with Crippen LogP contribution in [0.2, 0.25) is 25.7 Å². The highest BCUT2D eigenvalue weighted by atomic mass is 79.9. The quantitative estimate of drug-likeness (QED) is 0.428. The van der Waals surface area contributed by atoms with Crippen molar-refractivity contribution in [3.63, 3.8) is 0 Å². The molecule has 0 aromatic carbocycles. The van der Waals surface area contributed by atoms with Crippen LogP contribution in [0.5, 0.6) is 0 Å². The molecule has 1 rings (SSSR count). The molecule has 0 N–H and O–H groups in total. The Hall–Kier alpha value is 0.0169. The Bertz CT molecular complexity index is 402. The smallest absolute Gasteiger partial charge is 0.155 e. The number of halogens is 2. The zero-order chi connectivity index (χ0) is 13.1. The van der Waals surface area contributed by atoms with Crippen LogP contribution < -0.4 is 0 Å². The van der Waals surface area contributed by atoms with E-state index in [-0.39, 0.29) is 0 Å². The van der Waals surface area contributed by atoms with E-state index in [0.717, 1.165) is 18.9 Å². The van der Waals surface area contributed by atoms with Gasteiger partial charge in [-0.25, -0.2) is 4.68 Å². The van der Waals surface area contributed by atoms with Crippen LogP contribution in [0.25, 0.3) is 0 Å². The Balaban J connectivity index is 2.50. The minimum Gasteiger partial charge on any atom is -0.359 e. The third-order valence-electron chi connectivity index (χ3n) is 2.21. The SMILES string of the molecule is C[Si](C)(C)CCOCn1nc(Br)c(C=O)c1Br. The van der Waals surface area contributed by atoms with Gasteiger partial charge in [-0.05, 0) is 37.9 Å². The molecule has 1 aromatic rings. The first-order chi connectivity index (χ1) is 7.85. The lowest BCUT2D eigenvalue weighted by Crippen LogP contribution is -2.22. The number of nitrogens with zero attached hydrogens (tertiary/aromatic N) is 2. The van der Waals surface area contributed by atoms with Crippen molar-refractivity contribution in [2.24, 2.45) is 0 Å². The molecule has 0 amide bonds. The molecule has 0 saturated heterocycles. The highest BCUT2D eigenvalue weighted by Crippen LogP contribution is 2.23. The van der Waals surface area contributed by atoms with Gasteiger partial charge in [-0.1, -0.05) is 19.6 Å². The van der Waals surface area contributed by atoms with Gasteiger partial charge in [0.05, 0.1) is 5.56 Å². The van der Waals surface area contributed by atoms with Gasteiger partial charge in [0.2, 0.25) is 0 Å². The fourth-order valence-corrected chi connectivity index (χ4v) is 3.10. The first-order valence-corrected chi connectivity index (χ1v) is 10.6. The van der Waals surface area contributed by atoms with E-state index in [1.165, 1.54) is 0 Å². The van der Waals surface area contributed by atoms with Gasteiger partial charge in [-0.3, -0.25) is 4.79 Å². The summed E-state index contributed by atoms with van der Waals surface area (Å²) in [4.78, 5) is 10.8. The molecule has 0 radical (unpaired) electrons. The maximum atomic E-state index is 10.8. The van der Waals surface area contributed by atoms with E-state index in [9.17, 15) is 4.79 Å². The molecule has 1 aromatic heterocycles. The molecule has 0 bridgehead atoms. The fraction of sp³-hybridized carbons (Fsp3) is 0.600.